The first kappa shape index (κ1) is 14.6. The third-order valence-corrected chi connectivity index (χ3v) is 3.20. The van der Waals surface area contributed by atoms with E-state index in [-0.39, 0.29) is 5.91 Å². The van der Waals surface area contributed by atoms with Gasteiger partial charge in [0, 0.05) is 29.0 Å². The van der Waals surface area contributed by atoms with Crippen LogP contribution in [0.3, 0.4) is 0 Å². The largest absolute Gasteiger partial charge is 0.356 e. The number of hydrogen-bond donors (Lipinski definition) is 2. The molecule has 0 unspecified atom stereocenters. The van der Waals surface area contributed by atoms with E-state index in [2.05, 4.69) is 22.2 Å². The molecule has 106 valence electrons. The van der Waals surface area contributed by atoms with E-state index in [1.165, 1.54) is 0 Å². The van der Waals surface area contributed by atoms with E-state index < -0.39 is 0 Å². The van der Waals surface area contributed by atoms with Crippen LogP contribution in [0.15, 0.2) is 30.5 Å². The maximum Gasteiger partial charge on any atom is 0.225 e. The SMILES string of the molecule is CCCCNC(=O)Cc1cnc(-c2ccc(Cl)cc2)[nH]1. The number of unbranched alkanes of at least 4 members (excludes halogenated alkanes) is 1. The zero-order valence-electron chi connectivity index (χ0n) is 11.4. The van der Waals surface area contributed by atoms with Gasteiger partial charge >= 0.3 is 0 Å². The predicted molar refractivity (Wildman–Crippen MR) is 80.7 cm³/mol. The number of aromatic nitrogens is 2. The van der Waals surface area contributed by atoms with E-state index in [0.717, 1.165) is 36.5 Å². The van der Waals surface area contributed by atoms with Crippen LogP contribution in [0.2, 0.25) is 5.02 Å². The molecule has 0 radical (unpaired) electrons. The lowest BCUT2D eigenvalue weighted by atomic mass is 10.2. The first-order valence-corrected chi connectivity index (χ1v) is 7.13. The normalized spacial score (nSPS) is 10.5. The Balaban J connectivity index is 1.95. The number of halogens is 1. The van der Waals surface area contributed by atoms with Crippen molar-refractivity contribution in [1.29, 1.82) is 0 Å². The molecule has 0 aliphatic rings. The van der Waals surface area contributed by atoms with Crippen LogP contribution in [0.5, 0.6) is 0 Å². The second-order valence-electron chi connectivity index (χ2n) is 4.64. The Morgan fingerprint density at radius 1 is 1.35 bits per heavy atom. The van der Waals surface area contributed by atoms with Gasteiger partial charge in [-0.1, -0.05) is 24.9 Å². The molecule has 0 spiro atoms. The number of H-pyrrole nitrogens is 1. The number of carbonyl (C=O) groups excluding carboxylic acids is 1. The number of nitrogens with zero attached hydrogens (tertiary/aromatic N) is 1. The molecule has 1 heterocycles. The zero-order valence-corrected chi connectivity index (χ0v) is 12.2. The maximum atomic E-state index is 11.7. The molecule has 1 aromatic carbocycles. The molecule has 20 heavy (non-hydrogen) atoms. The molecular formula is C15H18ClN3O. The van der Waals surface area contributed by atoms with Gasteiger partial charge in [0.1, 0.15) is 5.82 Å². The highest BCUT2D eigenvalue weighted by molar-refractivity contribution is 6.30. The second kappa shape index (κ2) is 7.10. The van der Waals surface area contributed by atoms with Crippen LogP contribution in [0.1, 0.15) is 25.5 Å². The highest BCUT2D eigenvalue weighted by Crippen LogP contribution is 2.18. The van der Waals surface area contributed by atoms with Gasteiger partial charge in [0.25, 0.3) is 0 Å². The fraction of sp³-hybridized carbons (Fsp3) is 0.333. The Labute approximate surface area is 123 Å². The number of carbonyl (C=O) groups is 1. The van der Waals surface area contributed by atoms with Gasteiger partial charge in [-0.15, -0.1) is 0 Å². The number of nitrogens with one attached hydrogen (secondary N) is 2. The van der Waals surface area contributed by atoms with Crippen LogP contribution in [0.25, 0.3) is 11.4 Å². The maximum absolute atomic E-state index is 11.7. The molecule has 2 rings (SSSR count). The number of hydrogen-bond acceptors (Lipinski definition) is 2. The lowest BCUT2D eigenvalue weighted by molar-refractivity contribution is -0.120. The van der Waals surface area contributed by atoms with Crippen LogP contribution >= 0.6 is 11.6 Å². The van der Waals surface area contributed by atoms with Gasteiger partial charge < -0.3 is 10.3 Å². The van der Waals surface area contributed by atoms with E-state index in [1.807, 2.05) is 24.3 Å². The molecule has 0 atom stereocenters. The van der Waals surface area contributed by atoms with Gasteiger partial charge in [0.2, 0.25) is 5.91 Å². The molecule has 0 bridgehead atoms. The van der Waals surface area contributed by atoms with Crippen molar-refractivity contribution in [1.82, 2.24) is 15.3 Å². The first-order chi connectivity index (χ1) is 9.69. The smallest absolute Gasteiger partial charge is 0.225 e. The number of benzene rings is 1. The van der Waals surface area contributed by atoms with Gasteiger partial charge in [-0.25, -0.2) is 4.98 Å². The van der Waals surface area contributed by atoms with E-state index in [1.54, 1.807) is 6.20 Å². The van der Waals surface area contributed by atoms with E-state index >= 15 is 0 Å². The Hall–Kier alpha value is -1.81. The van der Waals surface area contributed by atoms with Crippen LogP contribution in [-0.4, -0.2) is 22.4 Å². The topological polar surface area (TPSA) is 57.8 Å². The summed E-state index contributed by atoms with van der Waals surface area (Å²) in [6.07, 6.45) is 4.10. The Bertz CT molecular complexity index is 563. The standard InChI is InChI=1S/C15H18ClN3O/c1-2-3-8-17-14(20)9-13-10-18-15(19-13)11-4-6-12(16)7-5-11/h4-7,10H,2-3,8-9H2,1H3,(H,17,20)(H,18,19). The van der Waals surface area contributed by atoms with Gasteiger partial charge in [-0.2, -0.15) is 0 Å². The highest BCUT2D eigenvalue weighted by Gasteiger charge is 2.07. The molecule has 0 aliphatic carbocycles. The molecular weight excluding hydrogens is 274 g/mol. The van der Waals surface area contributed by atoms with Crippen molar-refractivity contribution in [2.75, 3.05) is 6.54 Å². The molecule has 0 saturated heterocycles. The number of aromatic amines is 1. The summed E-state index contributed by atoms with van der Waals surface area (Å²) in [6.45, 7) is 2.83. The summed E-state index contributed by atoms with van der Waals surface area (Å²) in [5, 5.41) is 3.57. The van der Waals surface area contributed by atoms with E-state index in [4.69, 9.17) is 11.6 Å². The third-order valence-electron chi connectivity index (χ3n) is 2.95. The van der Waals surface area contributed by atoms with Gasteiger partial charge in [-0.3, -0.25) is 4.79 Å². The van der Waals surface area contributed by atoms with Gasteiger partial charge in [-0.05, 0) is 30.7 Å². The lowest BCUT2D eigenvalue weighted by Gasteiger charge is -2.02. The molecule has 0 saturated carbocycles. The summed E-state index contributed by atoms with van der Waals surface area (Å²) in [6, 6.07) is 7.42. The Morgan fingerprint density at radius 2 is 2.10 bits per heavy atom. The first-order valence-electron chi connectivity index (χ1n) is 6.75. The number of imidazole rings is 1. The lowest BCUT2D eigenvalue weighted by Crippen LogP contribution is -2.26. The molecule has 1 aromatic heterocycles. The molecule has 4 nitrogen and oxygen atoms in total. The quantitative estimate of drug-likeness (QED) is 0.803. The summed E-state index contributed by atoms with van der Waals surface area (Å²) in [7, 11) is 0. The molecule has 1 amide bonds. The van der Waals surface area contributed by atoms with Crippen molar-refractivity contribution >= 4 is 17.5 Å². The number of rotatable bonds is 6. The van der Waals surface area contributed by atoms with Crippen LogP contribution < -0.4 is 5.32 Å². The summed E-state index contributed by atoms with van der Waals surface area (Å²) < 4.78 is 0. The molecule has 0 aliphatic heterocycles. The average Bonchev–Trinajstić information content (AvgIpc) is 2.88. The van der Waals surface area contributed by atoms with Crippen molar-refractivity contribution in [3.8, 4) is 11.4 Å². The minimum absolute atomic E-state index is 0.0183. The van der Waals surface area contributed by atoms with Crippen molar-refractivity contribution in [3.05, 3.63) is 41.2 Å². The zero-order chi connectivity index (χ0) is 14.4. The molecule has 5 heteroatoms. The van der Waals surface area contributed by atoms with Crippen LogP contribution in [0, 0.1) is 0 Å². The highest BCUT2D eigenvalue weighted by atomic mass is 35.5. The monoisotopic (exact) mass is 291 g/mol. The van der Waals surface area contributed by atoms with Crippen LogP contribution in [0.4, 0.5) is 0 Å². The summed E-state index contributed by atoms with van der Waals surface area (Å²) in [5.41, 5.74) is 1.76. The predicted octanol–water partition coefficient (Wildman–Crippen LogP) is 3.19. The molecule has 2 aromatic rings. The van der Waals surface area contributed by atoms with Crippen molar-refractivity contribution in [3.63, 3.8) is 0 Å². The Kier molecular flexibility index (Phi) is 5.18. The van der Waals surface area contributed by atoms with Crippen LogP contribution in [-0.2, 0) is 11.2 Å². The summed E-state index contributed by atoms with van der Waals surface area (Å²) in [5.74, 6) is 0.766. The number of amides is 1. The van der Waals surface area contributed by atoms with Crippen molar-refractivity contribution in [2.45, 2.75) is 26.2 Å². The average molecular weight is 292 g/mol. The van der Waals surface area contributed by atoms with Crippen molar-refractivity contribution in [2.24, 2.45) is 0 Å². The fourth-order valence-corrected chi connectivity index (χ4v) is 1.97. The van der Waals surface area contributed by atoms with Gasteiger partial charge in [0.05, 0.1) is 6.42 Å². The fourth-order valence-electron chi connectivity index (χ4n) is 1.84. The molecule has 0 fully saturated rings. The Morgan fingerprint density at radius 3 is 2.80 bits per heavy atom. The van der Waals surface area contributed by atoms with E-state index in [9.17, 15) is 4.79 Å². The third kappa shape index (κ3) is 4.10. The summed E-state index contributed by atoms with van der Waals surface area (Å²) >= 11 is 5.85. The summed E-state index contributed by atoms with van der Waals surface area (Å²) in [4.78, 5) is 19.1. The van der Waals surface area contributed by atoms with Crippen molar-refractivity contribution < 1.29 is 4.79 Å². The molecule has 2 N–H and O–H groups in total. The van der Waals surface area contributed by atoms with E-state index in [0.29, 0.717) is 11.4 Å². The van der Waals surface area contributed by atoms with Gasteiger partial charge in [0.15, 0.2) is 0 Å². The second-order valence-corrected chi connectivity index (χ2v) is 5.08. The minimum Gasteiger partial charge on any atom is -0.356 e. The minimum atomic E-state index is 0.0183.